The Morgan fingerprint density at radius 2 is 1.94 bits per heavy atom. The van der Waals surface area contributed by atoms with Gasteiger partial charge in [-0.25, -0.2) is 0 Å². The van der Waals surface area contributed by atoms with Crippen LogP contribution in [0.5, 0.6) is 0 Å². The number of hydrogen-bond acceptors (Lipinski definition) is 2. The highest BCUT2D eigenvalue weighted by Crippen LogP contribution is 2.33. The van der Waals surface area contributed by atoms with Crippen LogP contribution in [0, 0.1) is 0 Å². The minimum atomic E-state index is -0.624. The molecule has 4 heteroatoms. The van der Waals surface area contributed by atoms with Crippen molar-refractivity contribution in [2.24, 2.45) is 0 Å². The molecule has 1 aliphatic rings. The molecule has 2 atom stereocenters. The van der Waals surface area contributed by atoms with E-state index >= 15 is 0 Å². The molecule has 0 amide bonds. The monoisotopic (exact) mass is 259 g/mol. The standard InChI is InChI=1S/C12H15Cl2NO/c13-8-4-3-5-9(14)11(8)12(16)10-6-1-2-7-15-10/h3-5,10,12,15-16H,1-2,6-7H2/t10-,12+/m0/s1. The summed E-state index contributed by atoms with van der Waals surface area (Å²) in [4.78, 5) is 0. The summed E-state index contributed by atoms with van der Waals surface area (Å²) >= 11 is 12.1. The van der Waals surface area contributed by atoms with E-state index in [1.54, 1.807) is 18.2 Å². The second-order valence-corrected chi connectivity index (χ2v) is 4.95. The Bertz CT molecular complexity index is 344. The first-order valence-electron chi connectivity index (χ1n) is 5.55. The van der Waals surface area contributed by atoms with Crippen molar-refractivity contribution in [1.29, 1.82) is 0 Å². The average molecular weight is 260 g/mol. The zero-order valence-electron chi connectivity index (χ0n) is 8.92. The third kappa shape index (κ3) is 2.51. The fraction of sp³-hybridized carbons (Fsp3) is 0.500. The zero-order valence-corrected chi connectivity index (χ0v) is 10.4. The molecule has 2 rings (SSSR count). The lowest BCUT2D eigenvalue weighted by atomic mass is 9.95. The molecular formula is C12H15Cl2NO. The maximum absolute atomic E-state index is 10.3. The molecule has 0 aromatic heterocycles. The summed E-state index contributed by atoms with van der Waals surface area (Å²) in [5.74, 6) is 0. The summed E-state index contributed by atoms with van der Waals surface area (Å²) < 4.78 is 0. The van der Waals surface area contributed by atoms with Crippen LogP contribution in [0.2, 0.25) is 10.0 Å². The van der Waals surface area contributed by atoms with Crippen molar-refractivity contribution in [3.63, 3.8) is 0 Å². The van der Waals surface area contributed by atoms with E-state index in [-0.39, 0.29) is 6.04 Å². The Morgan fingerprint density at radius 3 is 2.50 bits per heavy atom. The summed E-state index contributed by atoms with van der Waals surface area (Å²) in [6.45, 7) is 0.948. The van der Waals surface area contributed by atoms with Gasteiger partial charge in [-0.3, -0.25) is 0 Å². The van der Waals surface area contributed by atoms with Crippen LogP contribution in [-0.4, -0.2) is 17.7 Å². The Labute approximate surface area is 106 Å². The van der Waals surface area contributed by atoms with Gasteiger partial charge in [0.1, 0.15) is 0 Å². The van der Waals surface area contributed by atoms with Gasteiger partial charge in [-0.1, -0.05) is 35.7 Å². The Morgan fingerprint density at radius 1 is 1.25 bits per heavy atom. The molecule has 0 radical (unpaired) electrons. The molecule has 1 aromatic carbocycles. The highest BCUT2D eigenvalue weighted by atomic mass is 35.5. The van der Waals surface area contributed by atoms with E-state index in [0.717, 1.165) is 19.4 Å². The lowest BCUT2D eigenvalue weighted by molar-refractivity contribution is 0.114. The normalized spacial score (nSPS) is 23.1. The fourth-order valence-electron chi connectivity index (χ4n) is 2.14. The van der Waals surface area contributed by atoms with Crippen LogP contribution in [0.25, 0.3) is 0 Å². The van der Waals surface area contributed by atoms with Crippen LogP contribution in [0.15, 0.2) is 18.2 Å². The van der Waals surface area contributed by atoms with Crippen LogP contribution in [-0.2, 0) is 0 Å². The minimum absolute atomic E-state index is 0.0612. The lowest BCUT2D eigenvalue weighted by Crippen LogP contribution is -2.39. The number of rotatable bonds is 2. The molecule has 88 valence electrons. The predicted molar refractivity (Wildman–Crippen MR) is 67.1 cm³/mol. The van der Waals surface area contributed by atoms with Crippen LogP contribution >= 0.6 is 23.2 Å². The van der Waals surface area contributed by atoms with E-state index in [4.69, 9.17) is 23.2 Å². The van der Waals surface area contributed by atoms with E-state index in [2.05, 4.69) is 5.32 Å². The highest BCUT2D eigenvalue weighted by molar-refractivity contribution is 6.36. The molecule has 0 saturated carbocycles. The molecule has 2 N–H and O–H groups in total. The van der Waals surface area contributed by atoms with Gasteiger partial charge in [0, 0.05) is 21.7 Å². The van der Waals surface area contributed by atoms with Crippen LogP contribution in [0.1, 0.15) is 30.9 Å². The maximum Gasteiger partial charge on any atom is 0.0971 e. The fourth-order valence-corrected chi connectivity index (χ4v) is 2.76. The van der Waals surface area contributed by atoms with Gasteiger partial charge in [0.15, 0.2) is 0 Å². The maximum atomic E-state index is 10.3. The Balaban J connectivity index is 2.22. The lowest BCUT2D eigenvalue weighted by Gasteiger charge is -2.29. The molecule has 0 unspecified atom stereocenters. The number of halogens is 2. The summed E-state index contributed by atoms with van der Waals surface area (Å²) in [5, 5.41) is 14.6. The molecule has 2 nitrogen and oxygen atoms in total. The van der Waals surface area contributed by atoms with Crippen LogP contribution < -0.4 is 5.32 Å². The number of nitrogens with one attached hydrogen (secondary N) is 1. The van der Waals surface area contributed by atoms with Gasteiger partial charge in [0.2, 0.25) is 0 Å². The molecule has 16 heavy (non-hydrogen) atoms. The van der Waals surface area contributed by atoms with Crippen molar-refractivity contribution in [1.82, 2.24) is 5.32 Å². The van der Waals surface area contributed by atoms with Gasteiger partial charge < -0.3 is 10.4 Å². The number of aliphatic hydroxyl groups is 1. The molecule has 1 aliphatic heterocycles. The zero-order chi connectivity index (χ0) is 11.5. The van der Waals surface area contributed by atoms with Gasteiger partial charge >= 0.3 is 0 Å². The van der Waals surface area contributed by atoms with Crippen molar-refractivity contribution in [2.75, 3.05) is 6.54 Å². The minimum Gasteiger partial charge on any atom is -0.387 e. The van der Waals surface area contributed by atoms with Crippen molar-refractivity contribution in [3.05, 3.63) is 33.8 Å². The topological polar surface area (TPSA) is 32.3 Å². The average Bonchev–Trinajstić information content (AvgIpc) is 2.30. The van der Waals surface area contributed by atoms with Crippen molar-refractivity contribution < 1.29 is 5.11 Å². The summed E-state index contributed by atoms with van der Waals surface area (Å²) in [7, 11) is 0. The summed E-state index contributed by atoms with van der Waals surface area (Å²) in [5.41, 5.74) is 0.644. The highest BCUT2D eigenvalue weighted by Gasteiger charge is 2.25. The summed E-state index contributed by atoms with van der Waals surface area (Å²) in [6.07, 6.45) is 2.64. The SMILES string of the molecule is O[C@@H](c1c(Cl)cccc1Cl)[C@@H]1CCCCN1. The van der Waals surface area contributed by atoms with E-state index in [0.29, 0.717) is 15.6 Å². The van der Waals surface area contributed by atoms with E-state index < -0.39 is 6.10 Å². The van der Waals surface area contributed by atoms with Gasteiger partial charge in [0.05, 0.1) is 6.10 Å². The first kappa shape index (κ1) is 12.2. The third-order valence-corrected chi connectivity index (χ3v) is 3.68. The second kappa shape index (κ2) is 5.37. The van der Waals surface area contributed by atoms with Crippen molar-refractivity contribution in [3.8, 4) is 0 Å². The first-order valence-corrected chi connectivity index (χ1v) is 6.31. The first-order chi connectivity index (χ1) is 7.70. The number of aliphatic hydroxyl groups excluding tert-OH is 1. The molecular weight excluding hydrogens is 245 g/mol. The molecule has 1 aromatic rings. The van der Waals surface area contributed by atoms with Crippen LogP contribution in [0.4, 0.5) is 0 Å². The van der Waals surface area contributed by atoms with Crippen LogP contribution in [0.3, 0.4) is 0 Å². The van der Waals surface area contributed by atoms with E-state index in [9.17, 15) is 5.11 Å². The smallest absolute Gasteiger partial charge is 0.0971 e. The second-order valence-electron chi connectivity index (χ2n) is 4.14. The Hall–Kier alpha value is -0.280. The molecule has 1 fully saturated rings. The van der Waals surface area contributed by atoms with Gasteiger partial charge in [-0.15, -0.1) is 0 Å². The summed E-state index contributed by atoms with van der Waals surface area (Å²) in [6, 6.07) is 5.37. The van der Waals surface area contributed by atoms with Gasteiger partial charge in [-0.2, -0.15) is 0 Å². The van der Waals surface area contributed by atoms with E-state index in [1.165, 1.54) is 6.42 Å². The molecule has 0 aliphatic carbocycles. The third-order valence-electron chi connectivity index (χ3n) is 3.03. The number of benzene rings is 1. The van der Waals surface area contributed by atoms with Crippen molar-refractivity contribution >= 4 is 23.2 Å². The molecule has 0 bridgehead atoms. The predicted octanol–water partition coefficient (Wildman–Crippen LogP) is 3.17. The molecule has 0 spiro atoms. The number of hydrogen-bond donors (Lipinski definition) is 2. The number of piperidine rings is 1. The largest absolute Gasteiger partial charge is 0.387 e. The molecule has 1 heterocycles. The quantitative estimate of drug-likeness (QED) is 0.856. The van der Waals surface area contributed by atoms with Gasteiger partial charge in [-0.05, 0) is 31.5 Å². The van der Waals surface area contributed by atoms with Gasteiger partial charge in [0.25, 0.3) is 0 Å². The Kier molecular flexibility index (Phi) is 4.09. The molecule has 1 saturated heterocycles. The van der Waals surface area contributed by atoms with E-state index in [1.807, 2.05) is 0 Å². The van der Waals surface area contributed by atoms with Crippen molar-refractivity contribution in [2.45, 2.75) is 31.4 Å².